The van der Waals surface area contributed by atoms with E-state index in [0.717, 1.165) is 11.8 Å². The molecule has 0 saturated carbocycles. The standard InChI is InChI=1S/C14H14BrF2N3O5S2/c15-8-3-26-9(18-8)14-6-25-13(4-16,5-17)1-7(14)2-27-10(19-14)20(11(21)22)12(23)24/h3,7H,1-2,4-6H2,(H,21,22)(H,23,24)/t7-,14-/m0/s1. The number of fused-ring (bicyclic) bond motifs is 1. The van der Waals surface area contributed by atoms with Gasteiger partial charge in [-0.05, 0) is 22.4 Å². The van der Waals surface area contributed by atoms with E-state index >= 15 is 0 Å². The first kappa shape index (κ1) is 20.4. The van der Waals surface area contributed by atoms with Gasteiger partial charge in [0.1, 0.15) is 34.1 Å². The SMILES string of the molecule is O=C(O)N(C(=O)O)C1=N[C@@]2(c3nc(Br)cs3)COC(CF)(CF)C[C@H]2CS1. The van der Waals surface area contributed by atoms with Gasteiger partial charge in [-0.15, -0.1) is 11.3 Å². The number of aromatic nitrogens is 1. The van der Waals surface area contributed by atoms with E-state index in [4.69, 9.17) is 4.74 Å². The molecule has 27 heavy (non-hydrogen) atoms. The van der Waals surface area contributed by atoms with E-state index in [-0.39, 0.29) is 28.8 Å². The molecule has 2 atom stereocenters. The molecule has 2 aliphatic rings. The average molecular weight is 486 g/mol. The quantitative estimate of drug-likeness (QED) is 0.672. The minimum absolute atomic E-state index is 0.0150. The Morgan fingerprint density at radius 2 is 2.04 bits per heavy atom. The Bertz CT molecular complexity index is 777. The number of carbonyl (C=O) groups is 2. The van der Waals surface area contributed by atoms with Gasteiger partial charge in [0, 0.05) is 17.1 Å². The highest BCUT2D eigenvalue weighted by Gasteiger charge is 2.55. The number of ether oxygens (including phenoxy) is 1. The molecule has 8 nitrogen and oxygen atoms in total. The molecule has 0 aromatic carbocycles. The van der Waals surface area contributed by atoms with Gasteiger partial charge in [0.15, 0.2) is 5.17 Å². The van der Waals surface area contributed by atoms with Crippen LogP contribution in [0.15, 0.2) is 15.0 Å². The molecule has 2 aliphatic heterocycles. The van der Waals surface area contributed by atoms with Gasteiger partial charge in [-0.3, -0.25) is 0 Å². The number of thioether (sulfide) groups is 1. The first-order valence-electron chi connectivity index (χ1n) is 7.63. The third-order valence-corrected chi connectivity index (χ3v) is 7.33. The Balaban J connectivity index is 2.08. The van der Waals surface area contributed by atoms with Crippen LogP contribution in [0.2, 0.25) is 0 Å². The maximum absolute atomic E-state index is 13.4. The summed E-state index contributed by atoms with van der Waals surface area (Å²) in [6.45, 7) is -2.24. The van der Waals surface area contributed by atoms with E-state index in [9.17, 15) is 28.6 Å². The summed E-state index contributed by atoms with van der Waals surface area (Å²) in [5.41, 5.74) is -2.79. The third-order valence-electron chi connectivity index (χ3n) is 4.51. The molecule has 0 unspecified atom stereocenters. The number of halogens is 3. The van der Waals surface area contributed by atoms with Crippen LogP contribution in [-0.2, 0) is 10.3 Å². The summed E-state index contributed by atoms with van der Waals surface area (Å²) in [5, 5.41) is 20.3. The van der Waals surface area contributed by atoms with Gasteiger partial charge in [-0.25, -0.2) is 28.3 Å². The Hall–Kier alpha value is -1.31. The Kier molecular flexibility index (Phi) is 5.75. The van der Waals surface area contributed by atoms with Crippen LogP contribution in [0.3, 0.4) is 0 Å². The smallest absolute Gasteiger partial charge is 0.423 e. The van der Waals surface area contributed by atoms with E-state index in [0.29, 0.717) is 9.61 Å². The van der Waals surface area contributed by atoms with Crippen molar-refractivity contribution >= 4 is 56.4 Å². The van der Waals surface area contributed by atoms with Gasteiger partial charge in [0.25, 0.3) is 0 Å². The molecule has 0 spiro atoms. The molecule has 1 saturated heterocycles. The zero-order valence-electron chi connectivity index (χ0n) is 13.6. The molecule has 2 amide bonds. The molecule has 3 rings (SSSR count). The highest BCUT2D eigenvalue weighted by Crippen LogP contribution is 2.50. The van der Waals surface area contributed by atoms with E-state index in [1.54, 1.807) is 5.38 Å². The van der Waals surface area contributed by atoms with Crippen LogP contribution in [0.5, 0.6) is 0 Å². The normalized spacial score (nSPS) is 26.8. The lowest BCUT2D eigenvalue weighted by molar-refractivity contribution is -0.149. The molecular weight excluding hydrogens is 472 g/mol. The second-order valence-corrected chi connectivity index (χ2v) is 8.80. The Morgan fingerprint density at radius 3 is 2.56 bits per heavy atom. The fourth-order valence-corrected chi connectivity index (χ4v) is 5.79. The van der Waals surface area contributed by atoms with Crippen LogP contribution in [0.1, 0.15) is 11.4 Å². The minimum Gasteiger partial charge on any atom is -0.464 e. The number of hydrogen-bond donors (Lipinski definition) is 2. The molecule has 2 N–H and O–H groups in total. The first-order chi connectivity index (χ1) is 12.8. The number of thiazole rings is 1. The summed E-state index contributed by atoms with van der Waals surface area (Å²) in [6, 6.07) is 0. The van der Waals surface area contributed by atoms with Crippen molar-refractivity contribution in [2.75, 3.05) is 25.7 Å². The summed E-state index contributed by atoms with van der Waals surface area (Å²) < 4.78 is 32.9. The number of amides is 2. The number of rotatable bonds is 3. The molecule has 1 aromatic heterocycles. The Labute approximate surface area is 168 Å². The van der Waals surface area contributed by atoms with Gasteiger partial charge < -0.3 is 14.9 Å². The molecule has 13 heteroatoms. The molecule has 148 valence electrons. The summed E-state index contributed by atoms with van der Waals surface area (Å²) in [7, 11) is 0. The zero-order chi connectivity index (χ0) is 19.8. The number of alkyl halides is 2. The number of aliphatic imine (C=N–C) groups is 1. The fraction of sp³-hybridized carbons (Fsp3) is 0.571. The lowest BCUT2D eigenvalue weighted by atomic mass is 9.76. The Morgan fingerprint density at radius 1 is 1.37 bits per heavy atom. The molecule has 0 bridgehead atoms. The lowest BCUT2D eigenvalue weighted by Crippen LogP contribution is -2.57. The number of imide groups is 1. The molecule has 3 heterocycles. The maximum Gasteiger partial charge on any atom is 0.423 e. The van der Waals surface area contributed by atoms with Crippen LogP contribution < -0.4 is 0 Å². The van der Waals surface area contributed by atoms with Crippen LogP contribution in [-0.4, -0.2) is 68.8 Å². The second kappa shape index (κ2) is 7.60. The molecular formula is C14H14BrF2N3O5S2. The molecule has 1 fully saturated rings. The van der Waals surface area contributed by atoms with Crippen molar-refractivity contribution in [1.82, 2.24) is 9.88 Å². The van der Waals surface area contributed by atoms with Crippen LogP contribution in [0.4, 0.5) is 18.4 Å². The summed E-state index contributed by atoms with van der Waals surface area (Å²) in [5.74, 6) is -0.188. The number of nitrogens with zero attached hydrogens (tertiary/aromatic N) is 3. The summed E-state index contributed by atoms with van der Waals surface area (Å²) >= 11 is 5.38. The summed E-state index contributed by atoms with van der Waals surface area (Å²) in [4.78, 5) is 31.5. The summed E-state index contributed by atoms with van der Waals surface area (Å²) in [6.07, 6.45) is -3.37. The van der Waals surface area contributed by atoms with Crippen molar-refractivity contribution in [1.29, 1.82) is 0 Å². The van der Waals surface area contributed by atoms with Crippen molar-refractivity contribution in [2.45, 2.75) is 17.6 Å². The highest BCUT2D eigenvalue weighted by atomic mass is 79.9. The predicted octanol–water partition coefficient (Wildman–Crippen LogP) is 3.58. The van der Waals surface area contributed by atoms with Crippen molar-refractivity contribution in [3.8, 4) is 0 Å². The third kappa shape index (κ3) is 3.57. The van der Waals surface area contributed by atoms with Crippen LogP contribution in [0, 0.1) is 5.92 Å². The molecule has 0 radical (unpaired) electrons. The lowest BCUT2D eigenvalue weighted by Gasteiger charge is -2.48. The van der Waals surface area contributed by atoms with Crippen LogP contribution in [0.25, 0.3) is 0 Å². The molecule has 1 aromatic rings. The largest absolute Gasteiger partial charge is 0.464 e. The van der Waals surface area contributed by atoms with Crippen LogP contribution >= 0.6 is 39.0 Å². The van der Waals surface area contributed by atoms with Gasteiger partial charge in [0.05, 0.1) is 6.61 Å². The second-order valence-electron chi connectivity index (χ2n) is 6.15. The van der Waals surface area contributed by atoms with Gasteiger partial charge in [0.2, 0.25) is 0 Å². The van der Waals surface area contributed by atoms with Gasteiger partial charge >= 0.3 is 12.2 Å². The van der Waals surface area contributed by atoms with Crippen molar-refractivity contribution in [3.05, 3.63) is 15.0 Å². The van der Waals surface area contributed by atoms with Crippen molar-refractivity contribution in [2.24, 2.45) is 10.9 Å². The monoisotopic (exact) mass is 485 g/mol. The number of amidine groups is 1. The minimum atomic E-state index is -1.69. The number of carboxylic acid groups (broad SMARTS) is 2. The predicted molar refractivity (Wildman–Crippen MR) is 98.0 cm³/mol. The highest BCUT2D eigenvalue weighted by molar-refractivity contribution is 9.10. The molecule has 0 aliphatic carbocycles. The van der Waals surface area contributed by atoms with E-state index in [1.807, 2.05) is 0 Å². The average Bonchev–Trinajstić information content (AvgIpc) is 3.07. The van der Waals surface area contributed by atoms with Gasteiger partial charge in [-0.2, -0.15) is 4.90 Å². The van der Waals surface area contributed by atoms with Crippen molar-refractivity contribution < 1.29 is 33.3 Å². The fourth-order valence-electron chi connectivity index (χ4n) is 3.08. The zero-order valence-corrected chi connectivity index (χ0v) is 16.8. The topological polar surface area (TPSA) is 112 Å². The maximum atomic E-state index is 13.4. The van der Waals surface area contributed by atoms with E-state index < -0.39 is 42.6 Å². The van der Waals surface area contributed by atoms with E-state index in [2.05, 4.69) is 25.9 Å². The number of hydrogen-bond acceptors (Lipinski definition) is 7. The van der Waals surface area contributed by atoms with E-state index in [1.165, 1.54) is 11.3 Å². The van der Waals surface area contributed by atoms with Crippen molar-refractivity contribution in [3.63, 3.8) is 0 Å². The van der Waals surface area contributed by atoms with Gasteiger partial charge in [-0.1, -0.05) is 11.8 Å². The first-order valence-corrected chi connectivity index (χ1v) is 10.3.